The standard InChI is InChI=1S/C20H28N2O6S/c1-14(19(23)21-15-7-8-15)28-20(24)17-13-16(9-10-18(17)27-2)29(25,26)22-11-5-3-4-6-12-22/h9-10,13-15H,3-8,11-12H2,1-2H3,(H,21,23). The Morgan fingerprint density at radius 3 is 2.38 bits per heavy atom. The summed E-state index contributed by atoms with van der Waals surface area (Å²) in [5, 5.41) is 2.77. The van der Waals surface area contributed by atoms with Gasteiger partial charge >= 0.3 is 5.97 Å². The van der Waals surface area contributed by atoms with E-state index in [1.54, 1.807) is 0 Å². The number of esters is 1. The maximum absolute atomic E-state index is 13.0. The first-order valence-corrected chi connectivity index (χ1v) is 11.5. The van der Waals surface area contributed by atoms with Crippen molar-refractivity contribution < 1.29 is 27.5 Å². The monoisotopic (exact) mass is 424 g/mol. The van der Waals surface area contributed by atoms with Gasteiger partial charge < -0.3 is 14.8 Å². The van der Waals surface area contributed by atoms with Crippen LogP contribution in [-0.4, -0.2) is 56.9 Å². The van der Waals surface area contributed by atoms with Crippen molar-refractivity contribution in [1.29, 1.82) is 0 Å². The van der Waals surface area contributed by atoms with Crippen LogP contribution >= 0.6 is 0 Å². The van der Waals surface area contributed by atoms with Crippen LogP contribution in [0.25, 0.3) is 0 Å². The molecule has 1 atom stereocenters. The molecule has 1 heterocycles. The van der Waals surface area contributed by atoms with E-state index in [1.807, 2.05) is 0 Å². The number of ether oxygens (including phenoxy) is 2. The fourth-order valence-corrected chi connectivity index (χ4v) is 4.81. The van der Waals surface area contributed by atoms with Gasteiger partial charge in [0.2, 0.25) is 10.0 Å². The number of rotatable bonds is 7. The minimum Gasteiger partial charge on any atom is -0.496 e. The Kier molecular flexibility index (Phi) is 6.79. The van der Waals surface area contributed by atoms with Gasteiger partial charge in [-0.15, -0.1) is 0 Å². The first-order chi connectivity index (χ1) is 13.8. The van der Waals surface area contributed by atoms with E-state index in [1.165, 1.54) is 36.5 Å². The van der Waals surface area contributed by atoms with Crippen molar-refractivity contribution in [3.63, 3.8) is 0 Å². The van der Waals surface area contributed by atoms with Gasteiger partial charge in [-0.1, -0.05) is 12.8 Å². The Labute approximate surface area is 171 Å². The number of nitrogens with one attached hydrogen (secondary N) is 1. The van der Waals surface area contributed by atoms with Crippen molar-refractivity contribution in [2.45, 2.75) is 62.5 Å². The second-order valence-electron chi connectivity index (χ2n) is 7.51. The number of carbonyl (C=O) groups is 2. The zero-order chi connectivity index (χ0) is 21.0. The van der Waals surface area contributed by atoms with Gasteiger partial charge in [0.25, 0.3) is 5.91 Å². The van der Waals surface area contributed by atoms with Crippen LogP contribution in [-0.2, 0) is 19.6 Å². The van der Waals surface area contributed by atoms with Crippen molar-refractivity contribution >= 4 is 21.9 Å². The van der Waals surface area contributed by atoms with E-state index in [2.05, 4.69) is 5.32 Å². The number of amides is 1. The van der Waals surface area contributed by atoms with Crippen LogP contribution < -0.4 is 10.1 Å². The molecule has 29 heavy (non-hydrogen) atoms. The molecule has 2 fully saturated rings. The number of methoxy groups -OCH3 is 1. The summed E-state index contributed by atoms with van der Waals surface area (Å²) < 4.78 is 38.0. The highest BCUT2D eigenvalue weighted by atomic mass is 32.2. The lowest BCUT2D eigenvalue weighted by Gasteiger charge is -2.21. The summed E-state index contributed by atoms with van der Waals surface area (Å²) >= 11 is 0. The molecule has 8 nitrogen and oxygen atoms in total. The molecule has 3 rings (SSSR count). The highest BCUT2D eigenvalue weighted by molar-refractivity contribution is 7.89. The second kappa shape index (κ2) is 9.13. The third-order valence-corrected chi connectivity index (χ3v) is 7.07. The van der Waals surface area contributed by atoms with Crippen LogP contribution in [0.15, 0.2) is 23.1 Å². The zero-order valence-corrected chi connectivity index (χ0v) is 17.7. The summed E-state index contributed by atoms with van der Waals surface area (Å²) in [4.78, 5) is 24.7. The molecule has 0 bridgehead atoms. The fourth-order valence-electron chi connectivity index (χ4n) is 3.26. The average molecular weight is 425 g/mol. The Bertz CT molecular complexity index is 858. The number of sulfonamides is 1. The molecule has 1 amide bonds. The summed E-state index contributed by atoms with van der Waals surface area (Å²) in [5.74, 6) is -0.971. The third-order valence-electron chi connectivity index (χ3n) is 5.17. The maximum atomic E-state index is 13.0. The largest absolute Gasteiger partial charge is 0.496 e. The van der Waals surface area contributed by atoms with Crippen molar-refractivity contribution in [1.82, 2.24) is 9.62 Å². The average Bonchev–Trinajstić information content (AvgIpc) is 3.54. The fraction of sp³-hybridized carbons (Fsp3) is 0.600. The molecule has 1 N–H and O–H groups in total. The summed E-state index contributed by atoms with van der Waals surface area (Å²) in [7, 11) is -2.34. The Balaban J connectivity index is 1.80. The maximum Gasteiger partial charge on any atom is 0.342 e. The van der Waals surface area contributed by atoms with E-state index in [9.17, 15) is 18.0 Å². The lowest BCUT2D eigenvalue weighted by Crippen LogP contribution is -2.37. The lowest BCUT2D eigenvalue weighted by molar-refractivity contribution is -0.129. The molecule has 0 spiro atoms. The van der Waals surface area contributed by atoms with Crippen molar-refractivity contribution in [2.24, 2.45) is 0 Å². The molecule has 1 aliphatic heterocycles. The molecule has 2 aliphatic rings. The summed E-state index contributed by atoms with van der Waals surface area (Å²) in [5.41, 5.74) is -0.0190. The number of carbonyl (C=O) groups excluding carboxylic acids is 2. The van der Waals surface area contributed by atoms with Gasteiger partial charge in [0, 0.05) is 19.1 Å². The summed E-state index contributed by atoms with van der Waals surface area (Å²) in [6.45, 7) is 2.42. The first-order valence-electron chi connectivity index (χ1n) is 10.0. The van der Waals surface area contributed by atoms with Gasteiger partial charge in [-0.25, -0.2) is 13.2 Å². The molecule has 1 unspecified atom stereocenters. The van der Waals surface area contributed by atoms with E-state index >= 15 is 0 Å². The van der Waals surface area contributed by atoms with Crippen molar-refractivity contribution in [3.8, 4) is 5.75 Å². The zero-order valence-electron chi connectivity index (χ0n) is 16.8. The quantitative estimate of drug-likeness (QED) is 0.673. The van der Waals surface area contributed by atoms with Crippen LogP contribution in [0.2, 0.25) is 0 Å². The molecule has 0 radical (unpaired) electrons. The highest BCUT2D eigenvalue weighted by Crippen LogP contribution is 2.27. The molecular weight excluding hydrogens is 396 g/mol. The molecule has 1 aliphatic carbocycles. The summed E-state index contributed by atoms with van der Waals surface area (Å²) in [6.07, 6.45) is 4.52. The first kappa shape index (κ1) is 21.6. The number of hydrogen-bond donors (Lipinski definition) is 1. The smallest absolute Gasteiger partial charge is 0.342 e. The van der Waals surface area contributed by atoms with Crippen LogP contribution in [0.5, 0.6) is 5.75 Å². The van der Waals surface area contributed by atoms with Gasteiger partial charge in [-0.05, 0) is 50.8 Å². The van der Waals surface area contributed by atoms with E-state index in [4.69, 9.17) is 9.47 Å². The van der Waals surface area contributed by atoms with E-state index in [0.29, 0.717) is 13.1 Å². The number of benzene rings is 1. The van der Waals surface area contributed by atoms with Crippen molar-refractivity contribution in [3.05, 3.63) is 23.8 Å². The second-order valence-corrected chi connectivity index (χ2v) is 9.45. The summed E-state index contributed by atoms with van der Waals surface area (Å²) in [6, 6.07) is 4.29. The van der Waals surface area contributed by atoms with Gasteiger partial charge in [0.05, 0.1) is 12.0 Å². The molecule has 1 saturated heterocycles. The van der Waals surface area contributed by atoms with Crippen LogP contribution in [0.3, 0.4) is 0 Å². The lowest BCUT2D eigenvalue weighted by atomic mass is 10.2. The van der Waals surface area contributed by atoms with Gasteiger partial charge in [0.15, 0.2) is 6.10 Å². The normalized spacial score (nSPS) is 19.1. The Hall–Kier alpha value is -2.13. The van der Waals surface area contributed by atoms with Gasteiger partial charge in [-0.2, -0.15) is 4.31 Å². The minimum absolute atomic E-state index is 0.0160. The topological polar surface area (TPSA) is 102 Å². The molecule has 0 aromatic heterocycles. The Morgan fingerprint density at radius 1 is 1.14 bits per heavy atom. The molecule has 160 valence electrons. The van der Waals surface area contributed by atoms with E-state index in [0.717, 1.165) is 38.5 Å². The molecular formula is C20H28N2O6S. The van der Waals surface area contributed by atoms with Gasteiger partial charge in [-0.3, -0.25) is 4.79 Å². The Morgan fingerprint density at radius 2 is 1.79 bits per heavy atom. The van der Waals surface area contributed by atoms with Crippen LogP contribution in [0.4, 0.5) is 0 Å². The molecule has 1 aromatic rings. The number of hydrogen-bond acceptors (Lipinski definition) is 6. The van der Waals surface area contributed by atoms with Crippen molar-refractivity contribution in [2.75, 3.05) is 20.2 Å². The van der Waals surface area contributed by atoms with Crippen LogP contribution in [0.1, 0.15) is 55.8 Å². The van der Waals surface area contributed by atoms with E-state index in [-0.39, 0.29) is 28.2 Å². The van der Waals surface area contributed by atoms with Crippen LogP contribution in [0, 0.1) is 0 Å². The number of nitrogens with zero attached hydrogens (tertiary/aromatic N) is 1. The molecule has 1 saturated carbocycles. The third kappa shape index (κ3) is 5.27. The molecule has 1 aromatic carbocycles. The van der Waals surface area contributed by atoms with E-state index < -0.39 is 22.1 Å². The SMILES string of the molecule is COc1ccc(S(=O)(=O)N2CCCCCC2)cc1C(=O)OC(C)C(=O)NC1CC1. The predicted octanol–water partition coefficient (Wildman–Crippen LogP) is 2.08. The van der Waals surface area contributed by atoms with Gasteiger partial charge in [0.1, 0.15) is 11.3 Å². The highest BCUT2D eigenvalue weighted by Gasteiger charge is 2.30. The molecule has 9 heteroatoms. The predicted molar refractivity (Wildman–Crippen MR) is 106 cm³/mol. The minimum atomic E-state index is -3.73.